The van der Waals surface area contributed by atoms with Crippen LogP contribution in [0.5, 0.6) is 0 Å². The summed E-state index contributed by atoms with van der Waals surface area (Å²) in [5.41, 5.74) is 9.61. The van der Waals surface area contributed by atoms with Crippen LogP contribution in [0.3, 0.4) is 0 Å². The molecule has 0 radical (unpaired) electrons. The second-order valence-corrected chi connectivity index (χ2v) is 4.96. The highest BCUT2D eigenvalue weighted by Crippen LogP contribution is 2.25. The highest BCUT2D eigenvalue weighted by atomic mass is 16.3. The van der Waals surface area contributed by atoms with Crippen LogP contribution < -0.4 is 5.73 Å². The summed E-state index contributed by atoms with van der Waals surface area (Å²) in [6.07, 6.45) is 1.03. The van der Waals surface area contributed by atoms with E-state index in [1.54, 1.807) is 0 Å². The van der Waals surface area contributed by atoms with Crippen molar-refractivity contribution < 1.29 is 4.42 Å². The molecule has 0 aliphatic carbocycles. The van der Waals surface area contributed by atoms with Gasteiger partial charge in [0.25, 0.3) is 0 Å². The molecule has 0 atom stereocenters. The van der Waals surface area contributed by atoms with E-state index >= 15 is 0 Å². The Kier molecular flexibility index (Phi) is 2.84. The van der Waals surface area contributed by atoms with Crippen LogP contribution in [-0.2, 0) is 19.5 Å². The molecule has 2 aromatic rings. The van der Waals surface area contributed by atoms with Crippen molar-refractivity contribution in [2.45, 2.75) is 26.4 Å². The molecular formula is C15H18N2O. The molecule has 1 aliphatic heterocycles. The molecule has 0 saturated heterocycles. The Hall–Kier alpha value is -1.74. The molecule has 94 valence electrons. The molecule has 1 aromatic carbocycles. The fraction of sp³-hybridized carbons (Fsp3) is 0.333. The lowest BCUT2D eigenvalue weighted by Gasteiger charge is -2.28. The maximum absolute atomic E-state index is 6.01. The van der Waals surface area contributed by atoms with Crippen LogP contribution in [0.1, 0.15) is 22.6 Å². The molecule has 0 bridgehead atoms. The summed E-state index contributed by atoms with van der Waals surface area (Å²) in [6.45, 7) is 4.86. The maximum atomic E-state index is 6.01. The number of anilines is 1. The van der Waals surface area contributed by atoms with Gasteiger partial charge in [0.15, 0.2) is 0 Å². The van der Waals surface area contributed by atoms with E-state index in [1.807, 2.05) is 25.1 Å². The smallest absolute Gasteiger partial charge is 0.118 e. The van der Waals surface area contributed by atoms with Gasteiger partial charge in [-0.15, -0.1) is 0 Å². The summed E-state index contributed by atoms with van der Waals surface area (Å²) in [4.78, 5) is 2.40. The first-order valence-corrected chi connectivity index (χ1v) is 6.36. The summed E-state index contributed by atoms with van der Waals surface area (Å²) in [6, 6.07) is 10.3. The number of nitrogens with zero attached hydrogens (tertiary/aromatic N) is 1. The number of aryl methyl sites for hydroxylation is 1. The van der Waals surface area contributed by atoms with Gasteiger partial charge in [-0.1, -0.05) is 12.1 Å². The van der Waals surface area contributed by atoms with Crippen molar-refractivity contribution in [3.8, 4) is 0 Å². The van der Waals surface area contributed by atoms with Crippen molar-refractivity contribution in [3.05, 3.63) is 53.0 Å². The third-order valence-electron chi connectivity index (χ3n) is 3.56. The largest absolute Gasteiger partial charge is 0.465 e. The van der Waals surface area contributed by atoms with Gasteiger partial charge in [-0.25, -0.2) is 0 Å². The molecule has 0 amide bonds. The molecule has 2 N–H and O–H groups in total. The first kappa shape index (κ1) is 11.4. The van der Waals surface area contributed by atoms with E-state index in [0.29, 0.717) is 0 Å². The molecule has 0 unspecified atom stereocenters. The molecule has 2 heterocycles. The lowest BCUT2D eigenvalue weighted by atomic mass is 9.98. The summed E-state index contributed by atoms with van der Waals surface area (Å²) < 4.78 is 5.63. The first-order chi connectivity index (χ1) is 8.72. The van der Waals surface area contributed by atoms with Crippen molar-refractivity contribution in [1.29, 1.82) is 0 Å². The Morgan fingerprint density at radius 2 is 2.17 bits per heavy atom. The zero-order valence-corrected chi connectivity index (χ0v) is 10.6. The van der Waals surface area contributed by atoms with Crippen LogP contribution in [0.15, 0.2) is 34.7 Å². The second kappa shape index (κ2) is 4.50. The Morgan fingerprint density at radius 1 is 1.28 bits per heavy atom. The van der Waals surface area contributed by atoms with Crippen LogP contribution in [0.25, 0.3) is 0 Å². The Morgan fingerprint density at radius 3 is 2.94 bits per heavy atom. The number of hydrogen-bond acceptors (Lipinski definition) is 3. The summed E-state index contributed by atoms with van der Waals surface area (Å²) in [7, 11) is 0. The van der Waals surface area contributed by atoms with Crippen molar-refractivity contribution >= 4 is 5.69 Å². The summed E-state index contributed by atoms with van der Waals surface area (Å²) >= 11 is 0. The predicted molar refractivity (Wildman–Crippen MR) is 72.1 cm³/mol. The molecular weight excluding hydrogens is 224 g/mol. The number of nitrogen functional groups attached to an aromatic ring is 1. The van der Waals surface area contributed by atoms with Crippen molar-refractivity contribution in [1.82, 2.24) is 4.90 Å². The normalized spacial score (nSPS) is 15.6. The molecule has 0 spiro atoms. The zero-order valence-electron chi connectivity index (χ0n) is 10.6. The minimum absolute atomic E-state index is 0.877. The molecule has 3 rings (SSSR count). The first-order valence-electron chi connectivity index (χ1n) is 6.36. The van der Waals surface area contributed by atoms with Gasteiger partial charge in [0.2, 0.25) is 0 Å². The average molecular weight is 242 g/mol. The van der Waals surface area contributed by atoms with Gasteiger partial charge in [0, 0.05) is 18.8 Å². The van der Waals surface area contributed by atoms with E-state index in [2.05, 4.69) is 17.0 Å². The number of fused-ring (bicyclic) bond motifs is 1. The molecule has 3 nitrogen and oxygen atoms in total. The fourth-order valence-corrected chi connectivity index (χ4v) is 2.62. The maximum Gasteiger partial charge on any atom is 0.118 e. The van der Waals surface area contributed by atoms with E-state index in [9.17, 15) is 0 Å². The Bertz CT molecular complexity index is 559. The van der Waals surface area contributed by atoms with Gasteiger partial charge < -0.3 is 10.2 Å². The lowest BCUT2D eigenvalue weighted by molar-refractivity contribution is 0.224. The number of nitrogens with two attached hydrogens (primary N) is 1. The van der Waals surface area contributed by atoms with Crippen molar-refractivity contribution in [2.24, 2.45) is 0 Å². The standard InChI is InChI=1S/C15H18N2O/c1-11-5-6-13(18-11)10-17-8-7-14-12(9-17)3-2-4-15(14)16/h2-6H,7-10,16H2,1H3. The number of hydrogen-bond donors (Lipinski definition) is 1. The van der Waals surface area contributed by atoms with Crippen molar-refractivity contribution in [3.63, 3.8) is 0 Å². The molecule has 0 fully saturated rings. The predicted octanol–water partition coefficient (Wildman–Crippen LogP) is 2.73. The van der Waals surface area contributed by atoms with Crippen molar-refractivity contribution in [2.75, 3.05) is 12.3 Å². The van der Waals surface area contributed by atoms with E-state index < -0.39 is 0 Å². The zero-order chi connectivity index (χ0) is 12.5. The van der Waals surface area contributed by atoms with Crippen LogP contribution in [0.4, 0.5) is 5.69 Å². The van der Waals surface area contributed by atoms with Crippen LogP contribution in [0, 0.1) is 6.92 Å². The van der Waals surface area contributed by atoms with E-state index in [1.165, 1.54) is 11.1 Å². The van der Waals surface area contributed by atoms with Gasteiger partial charge in [-0.3, -0.25) is 4.90 Å². The van der Waals surface area contributed by atoms with Gasteiger partial charge in [0.1, 0.15) is 11.5 Å². The third kappa shape index (κ3) is 2.14. The molecule has 1 aliphatic rings. The van der Waals surface area contributed by atoms with Gasteiger partial charge >= 0.3 is 0 Å². The second-order valence-electron chi connectivity index (χ2n) is 4.96. The minimum atomic E-state index is 0.877. The Balaban J connectivity index is 1.75. The molecule has 1 aromatic heterocycles. The minimum Gasteiger partial charge on any atom is -0.465 e. The summed E-state index contributed by atoms with van der Waals surface area (Å²) in [5.74, 6) is 2.02. The SMILES string of the molecule is Cc1ccc(CN2CCc3c(N)cccc3C2)o1. The van der Waals surface area contributed by atoms with Gasteiger partial charge in [0.05, 0.1) is 6.54 Å². The van der Waals surface area contributed by atoms with E-state index in [-0.39, 0.29) is 0 Å². The molecule has 3 heteroatoms. The number of furan rings is 1. The fourth-order valence-electron chi connectivity index (χ4n) is 2.62. The monoisotopic (exact) mass is 242 g/mol. The van der Waals surface area contributed by atoms with Gasteiger partial charge in [-0.05, 0) is 42.7 Å². The Labute approximate surface area is 107 Å². The topological polar surface area (TPSA) is 42.4 Å². The molecule has 0 saturated carbocycles. The highest BCUT2D eigenvalue weighted by molar-refractivity contribution is 5.51. The lowest BCUT2D eigenvalue weighted by Crippen LogP contribution is -2.30. The van der Waals surface area contributed by atoms with E-state index in [0.717, 1.165) is 43.3 Å². The summed E-state index contributed by atoms with van der Waals surface area (Å²) in [5, 5.41) is 0. The third-order valence-corrected chi connectivity index (χ3v) is 3.56. The number of benzene rings is 1. The van der Waals surface area contributed by atoms with Crippen LogP contribution in [0.2, 0.25) is 0 Å². The van der Waals surface area contributed by atoms with Gasteiger partial charge in [-0.2, -0.15) is 0 Å². The molecule has 18 heavy (non-hydrogen) atoms. The van der Waals surface area contributed by atoms with Crippen LogP contribution >= 0.6 is 0 Å². The van der Waals surface area contributed by atoms with Crippen LogP contribution in [-0.4, -0.2) is 11.4 Å². The number of rotatable bonds is 2. The quantitative estimate of drug-likeness (QED) is 0.823. The average Bonchev–Trinajstić information content (AvgIpc) is 2.75. The highest BCUT2D eigenvalue weighted by Gasteiger charge is 2.18. The van der Waals surface area contributed by atoms with E-state index in [4.69, 9.17) is 10.2 Å².